The van der Waals surface area contributed by atoms with Gasteiger partial charge in [0, 0.05) is 18.9 Å². The average molecular weight is 260 g/mol. The van der Waals surface area contributed by atoms with Crippen molar-refractivity contribution >= 4 is 11.7 Å². The van der Waals surface area contributed by atoms with Crippen LogP contribution >= 0.6 is 0 Å². The molecule has 0 unspecified atom stereocenters. The molecule has 19 heavy (non-hydrogen) atoms. The lowest BCUT2D eigenvalue weighted by Crippen LogP contribution is -2.09. The minimum Gasteiger partial charge on any atom is -0.478 e. The first-order valence-electron chi connectivity index (χ1n) is 5.74. The molecule has 2 rings (SSSR count). The molecule has 1 aromatic carbocycles. The van der Waals surface area contributed by atoms with E-state index >= 15 is 0 Å². The number of nitrogens with zero attached hydrogens (tertiary/aromatic N) is 1. The first-order chi connectivity index (χ1) is 9.09. The Labute approximate surface area is 109 Å². The van der Waals surface area contributed by atoms with Crippen LogP contribution in [-0.2, 0) is 6.54 Å². The molecular weight excluding hydrogens is 247 g/mol. The molecule has 1 aromatic heterocycles. The maximum atomic E-state index is 13.5. The maximum Gasteiger partial charge on any atom is 0.340 e. The van der Waals surface area contributed by atoms with Gasteiger partial charge < -0.3 is 10.4 Å². The first kappa shape index (κ1) is 13.0. The van der Waals surface area contributed by atoms with Crippen LogP contribution in [0.5, 0.6) is 0 Å². The van der Waals surface area contributed by atoms with Crippen LogP contribution in [0.2, 0.25) is 0 Å². The maximum absolute atomic E-state index is 13.5. The van der Waals surface area contributed by atoms with Crippen molar-refractivity contribution in [1.29, 1.82) is 0 Å². The number of aromatic nitrogens is 1. The van der Waals surface area contributed by atoms with Crippen LogP contribution in [0, 0.1) is 12.7 Å². The Morgan fingerprint density at radius 3 is 2.89 bits per heavy atom. The molecule has 0 radical (unpaired) electrons. The number of carboxylic acid groups (broad SMARTS) is 1. The topological polar surface area (TPSA) is 62.2 Å². The number of hydrogen-bond acceptors (Lipinski definition) is 3. The Kier molecular flexibility index (Phi) is 3.75. The minimum absolute atomic E-state index is 0.260. The van der Waals surface area contributed by atoms with Crippen LogP contribution in [0.25, 0.3) is 0 Å². The number of nitrogens with one attached hydrogen (secondary N) is 1. The van der Waals surface area contributed by atoms with Gasteiger partial charge in [0.15, 0.2) is 0 Å². The molecule has 1 heterocycles. The fourth-order valence-electron chi connectivity index (χ4n) is 1.76. The SMILES string of the molecule is Cc1ccncc1CNc1cccc(F)c1C(=O)O. The van der Waals surface area contributed by atoms with E-state index in [0.29, 0.717) is 6.54 Å². The third-order valence-electron chi connectivity index (χ3n) is 2.84. The van der Waals surface area contributed by atoms with E-state index in [1.165, 1.54) is 12.1 Å². The summed E-state index contributed by atoms with van der Waals surface area (Å²) in [7, 11) is 0. The highest BCUT2D eigenvalue weighted by Gasteiger charge is 2.15. The zero-order chi connectivity index (χ0) is 13.8. The van der Waals surface area contributed by atoms with Gasteiger partial charge >= 0.3 is 5.97 Å². The number of aryl methyl sites for hydroxylation is 1. The molecule has 98 valence electrons. The molecule has 0 atom stereocenters. The number of hydrogen-bond donors (Lipinski definition) is 2. The summed E-state index contributed by atoms with van der Waals surface area (Å²) in [6.45, 7) is 2.33. The molecule has 0 amide bonds. The average Bonchev–Trinajstić information content (AvgIpc) is 2.37. The number of halogens is 1. The summed E-state index contributed by atoms with van der Waals surface area (Å²) in [6, 6.07) is 6.00. The van der Waals surface area contributed by atoms with Gasteiger partial charge in [-0.2, -0.15) is 0 Å². The Balaban J connectivity index is 2.23. The van der Waals surface area contributed by atoms with Crippen LogP contribution < -0.4 is 5.32 Å². The highest BCUT2D eigenvalue weighted by Crippen LogP contribution is 2.20. The summed E-state index contributed by atoms with van der Waals surface area (Å²) in [4.78, 5) is 15.0. The summed E-state index contributed by atoms with van der Waals surface area (Å²) in [5, 5.41) is 11.9. The van der Waals surface area contributed by atoms with Crippen LogP contribution in [0.3, 0.4) is 0 Å². The van der Waals surface area contributed by atoms with E-state index in [0.717, 1.165) is 17.2 Å². The molecule has 0 saturated carbocycles. The van der Waals surface area contributed by atoms with Crippen LogP contribution in [0.1, 0.15) is 21.5 Å². The third-order valence-corrected chi connectivity index (χ3v) is 2.84. The van der Waals surface area contributed by atoms with Gasteiger partial charge in [-0.15, -0.1) is 0 Å². The molecule has 4 nitrogen and oxygen atoms in total. The van der Waals surface area contributed by atoms with Crippen molar-refractivity contribution in [1.82, 2.24) is 4.98 Å². The lowest BCUT2D eigenvalue weighted by molar-refractivity contribution is 0.0693. The highest BCUT2D eigenvalue weighted by molar-refractivity contribution is 5.94. The Morgan fingerprint density at radius 2 is 2.21 bits per heavy atom. The molecule has 0 saturated heterocycles. The zero-order valence-electron chi connectivity index (χ0n) is 10.4. The number of benzene rings is 1. The molecule has 0 aliphatic heterocycles. The molecule has 2 N–H and O–H groups in total. The van der Waals surface area contributed by atoms with Crippen molar-refractivity contribution in [2.24, 2.45) is 0 Å². The standard InChI is InChI=1S/C14H13FN2O2/c1-9-5-6-16-7-10(9)8-17-12-4-2-3-11(15)13(12)14(18)19/h2-7,17H,8H2,1H3,(H,18,19). The predicted molar refractivity (Wildman–Crippen MR) is 69.7 cm³/mol. The number of pyridine rings is 1. The quantitative estimate of drug-likeness (QED) is 0.887. The van der Waals surface area contributed by atoms with E-state index < -0.39 is 11.8 Å². The second kappa shape index (κ2) is 5.48. The van der Waals surface area contributed by atoms with Crippen molar-refractivity contribution in [2.75, 3.05) is 5.32 Å². The second-order valence-corrected chi connectivity index (χ2v) is 4.12. The molecular formula is C14H13FN2O2. The fourth-order valence-corrected chi connectivity index (χ4v) is 1.76. The monoisotopic (exact) mass is 260 g/mol. The van der Waals surface area contributed by atoms with E-state index in [4.69, 9.17) is 5.11 Å². The Bertz CT molecular complexity index is 614. The fraction of sp³-hybridized carbons (Fsp3) is 0.143. The van der Waals surface area contributed by atoms with E-state index in [9.17, 15) is 9.18 Å². The van der Waals surface area contributed by atoms with Crippen molar-refractivity contribution in [2.45, 2.75) is 13.5 Å². The van der Waals surface area contributed by atoms with Gasteiger partial charge in [-0.1, -0.05) is 6.07 Å². The van der Waals surface area contributed by atoms with Crippen LogP contribution in [0.4, 0.5) is 10.1 Å². The predicted octanol–water partition coefficient (Wildman–Crippen LogP) is 2.84. The zero-order valence-corrected chi connectivity index (χ0v) is 10.4. The van der Waals surface area contributed by atoms with Gasteiger partial charge in [0.25, 0.3) is 0 Å². The van der Waals surface area contributed by atoms with Crippen LogP contribution in [0.15, 0.2) is 36.7 Å². The molecule has 0 aliphatic rings. The van der Waals surface area contributed by atoms with Gasteiger partial charge in [-0.3, -0.25) is 4.98 Å². The number of aromatic carboxylic acids is 1. The van der Waals surface area contributed by atoms with Crippen LogP contribution in [-0.4, -0.2) is 16.1 Å². The number of carboxylic acids is 1. The van der Waals surface area contributed by atoms with Crippen molar-refractivity contribution in [3.8, 4) is 0 Å². The lowest BCUT2D eigenvalue weighted by atomic mass is 10.1. The number of anilines is 1. The van der Waals surface area contributed by atoms with Crippen molar-refractivity contribution < 1.29 is 14.3 Å². The molecule has 0 aliphatic carbocycles. The molecule has 5 heteroatoms. The summed E-state index contributed by atoms with van der Waals surface area (Å²) < 4.78 is 13.5. The number of rotatable bonds is 4. The minimum atomic E-state index is -1.29. The highest BCUT2D eigenvalue weighted by atomic mass is 19.1. The first-order valence-corrected chi connectivity index (χ1v) is 5.74. The molecule has 0 fully saturated rings. The third kappa shape index (κ3) is 2.88. The largest absolute Gasteiger partial charge is 0.478 e. The van der Waals surface area contributed by atoms with Gasteiger partial charge in [0.1, 0.15) is 11.4 Å². The summed E-state index contributed by atoms with van der Waals surface area (Å²) in [6.07, 6.45) is 3.38. The van der Waals surface area contributed by atoms with Crippen molar-refractivity contribution in [3.05, 3.63) is 59.2 Å². The summed E-state index contributed by atoms with van der Waals surface area (Å²) in [5.41, 5.74) is 1.89. The summed E-state index contributed by atoms with van der Waals surface area (Å²) >= 11 is 0. The molecule has 2 aromatic rings. The smallest absolute Gasteiger partial charge is 0.340 e. The molecule has 0 bridgehead atoms. The van der Waals surface area contributed by atoms with Gasteiger partial charge in [-0.05, 0) is 36.2 Å². The van der Waals surface area contributed by atoms with E-state index in [2.05, 4.69) is 10.3 Å². The lowest BCUT2D eigenvalue weighted by Gasteiger charge is -2.11. The normalized spacial score (nSPS) is 10.2. The number of carbonyl (C=O) groups is 1. The van der Waals surface area contributed by atoms with Gasteiger partial charge in [0.2, 0.25) is 0 Å². The summed E-state index contributed by atoms with van der Waals surface area (Å²) in [5.74, 6) is -2.04. The Morgan fingerprint density at radius 1 is 1.42 bits per heavy atom. The second-order valence-electron chi connectivity index (χ2n) is 4.12. The van der Waals surface area contributed by atoms with E-state index in [-0.39, 0.29) is 11.3 Å². The van der Waals surface area contributed by atoms with Gasteiger partial charge in [0.05, 0.1) is 5.69 Å². The Hall–Kier alpha value is -2.43. The van der Waals surface area contributed by atoms with E-state index in [1.54, 1.807) is 12.4 Å². The van der Waals surface area contributed by atoms with Gasteiger partial charge in [-0.25, -0.2) is 9.18 Å². The van der Waals surface area contributed by atoms with Crippen molar-refractivity contribution in [3.63, 3.8) is 0 Å². The molecule has 0 spiro atoms. The van der Waals surface area contributed by atoms with E-state index in [1.807, 2.05) is 13.0 Å².